The van der Waals surface area contributed by atoms with Gasteiger partial charge in [0.1, 0.15) is 5.82 Å². The first-order valence-electron chi connectivity index (χ1n) is 4.79. The molecule has 0 atom stereocenters. The Bertz CT molecular complexity index is 388. The largest absolute Gasteiger partial charge is 0.462 e. The van der Waals surface area contributed by atoms with E-state index in [4.69, 9.17) is 4.74 Å². The molecule has 1 fully saturated rings. The number of carbonyl (C=O) groups is 1. The predicted molar refractivity (Wildman–Crippen MR) is 57.1 cm³/mol. The minimum atomic E-state index is -0.577. The van der Waals surface area contributed by atoms with Crippen molar-refractivity contribution in [1.82, 2.24) is 0 Å². The first-order valence-corrected chi connectivity index (χ1v) is 5.58. The van der Waals surface area contributed by atoms with E-state index in [2.05, 4.69) is 15.9 Å². The Morgan fingerprint density at radius 3 is 2.87 bits per heavy atom. The molecule has 15 heavy (non-hydrogen) atoms. The van der Waals surface area contributed by atoms with Crippen LogP contribution < -0.4 is 0 Å². The van der Waals surface area contributed by atoms with Crippen molar-refractivity contribution in [2.45, 2.75) is 12.8 Å². The van der Waals surface area contributed by atoms with Gasteiger partial charge in [-0.3, -0.25) is 0 Å². The molecule has 1 aliphatic rings. The van der Waals surface area contributed by atoms with Crippen LogP contribution in [0.3, 0.4) is 0 Å². The summed E-state index contributed by atoms with van der Waals surface area (Å²) in [6.45, 7) is 0.411. The summed E-state index contributed by atoms with van der Waals surface area (Å²) in [7, 11) is 0. The maximum absolute atomic E-state index is 13.3. The number of hydrogen-bond acceptors (Lipinski definition) is 2. The highest BCUT2D eigenvalue weighted by atomic mass is 79.9. The van der Waals surface area contributed by atoms with Gasteiger partial charge in [-0.15, -0.1) is 0 Å². The molecular formula is C11H10BrFO2. The number of benzene rings is 1. The van der Waals surface area contributed by atoms with Gasteiger partial charge in [-0.05, 0) is 37.0 Å². The van der Waals surface area contributed by atoms with E-state index in [0.29, 0.717) is 17.0 Å². The molecular weight excluding hydrogens is 263 g/mol. The lowest BCUT2D eigenvalue weighted by Gasteiger charge is -2.04. The zero-order valence-corrected chi connectivity index (χ0v) is 9.59. The fourth-order valence-electron chi connectivity index (χ4n) is 1.21. The smallest absolute Gasteiger partial charge is 0.341 e. The van der Waals surface area contributed by atoms with Crippen LogP contribution in [0.5, 0.6) is 0 Å². The molecule has 2 nitrogen and oxygen atoms in total. The second kappa shape index (κ2) is 4.31. The second-order valence-electron chi connectivity index (χ2n) is 3.67. The van der Waals surface area contributed by atoms with Crippen molar-refractivity contribution < 1.29 is 13.9 Å². The third-order valence-electron chi connectivity index (χ3n) is 2.30. The van der Waals surface area contributed by atoms with Crippen LogP contribution in [0.4, 0.5) is 4.39 Å². The van der Waals surface area contributed by atoms with Crippen LogP contribution in [0.2, 0.25) is 0 Å². The SMILES string of the molecule is O=C(OCC1CC1)c1ccc(Br)cc1F. The highest BCUT2D eigenvalue weighted by Gasteiger charge is 2.24. The molecule has 0 radical (unpaired) electrons. The van der Waals surface area contributed by atoms with E-state index in [1.807, 2.05) is 0 Å². The quantitative estimate of drug-likeness (QED) is 0.791. The molecule has 1 aromatic carbocycles. The minimum absolute atomic E-state index is 0.00106. The van der Waals surface area contributed by atoms with E-state index in [1.54, 1.807) is 6.07 Å². The van der Waals surface area contributed by atoms with Crippen LogP contribution in [0, 0.1) is 11.7 Å². The standard InChI is InChI=1S/C11H10BrFO2/c12-8-3-4-9(10(13)5-8)11(14)15-6-7-1-2-7/h3-5,7H,1-2,6H2. The molecule has 4 heteroatoms. The number of hydrogen-bond donors (Lipinski definition) is 0. The van der Waals surface area contributed by atoms with E-state index >= 15 is 0 Å². The van der Waals surface area contributed by atoms with Gasteiger partial charge >= 0.3 is 5.97 Å². The van der Waals surface area contributed by atoms with E-state index in [9.17, 15) is 9.18 Å². The second-order valence-corrected chi connectivity index (χ2v) is 4.58. The summed E-state index contributed by atoms with van der Waals surface area (Å²) in [6.07, 6.45) is 2.21. The van der Waals surface area contributed by atoms with Crippen LogP contribution in [0.25, 0.3) is 0 Å². The molecule has 1 aliphatic carbocycles. The van der Waals surface area contributed by atoms with Gasteiger partial charge in [0, 0.05) is 4.47 Å². The zero-order valence-electron chi connectivity index (χ0n) is 8.00. The Morgan fingerprint density at radius 1 is 1.53 bits per heavy atom. The summed E-state index contributed by atoms with van der Waals surface area (Å²) in [4.78, 5) is 11.4. The van der Waals surface area contributed by atoms with E-state index in [0.717, 1.165) is 12.8 Å². The monoisotopic (exact) mass is 272 g/mol. The highest BCUT2D eigenvalue weighted by Crippen LogP contribution is 2.29. The van der Waals surface area contributed by atoms with Crippen molar-refractivity contribution in [3.8, 4) is 0 Å². The normalized spacial score (nSPS) is 15.1. The molecule has 0 saturated heterocycles. The third kappa shape index (κ3) is 2.78. The van der Waals surface area contributed by atoms with E-state index in [1.165, 1.54) is 12.1 Å². The summed E-state index contributed by atoms with van der Waals surface area (Å²) >= 11 is 3.13. The summed E-state index contributed by atoms with van der Waals surface area (Å²) < 4.78 is 18.9. The fraction of sp³-hybridized carbons (Fsp3) is 0.364. The molecule has 0 aliphatic heterocycles. The molecule has 0 N–H and O–H groups in total. The van der Waals surface area contributed by atoms with Gasteiger partial charge in [-0.25, -0.2) is 9.18 Å². The van der Waals surface area contributed by atoms with E-state index < -0.39 is 11.8 Å². The molecule has 0 bridgehead atoms. The number of ether oxygens (including phenoxy) is 1. The van der Waals surface area contributed by atoms with Crippen molar-refractivity contribution in [2.24, 2.45) is 5.92 Å². The maximum atomic E-state index is 13.3. The molecule has 80 valence electrons. The van der Waals surface area contributed by atoms with Gasteiger partial charge in [-0.1, -0.05) is 15.9 Å². The maximum Gasteiger partial charge on any atom is 0.341 e. The lowest BCUT2D eigenvalue weighted by atomic mass is 10.2. The number of halogens is 2. The van der Waals surface area contributed by atoms with Crippen LogP contribution in [-0.2, 0) is 4.74 Å². The topological polar surface area (TPSA) is 26.3 Å². The van der Waals surface area contributed by atoms with Gasteiger partial charge in [0.15, 0.2) is 0 Å². The molecule has 2 rings (SSSR count). The van der Waals surface area contributed by atoms with Gasteiger partial charge in [-0.2, -0.15) is 0 Å². The molecule has 0 spiro atoms. The van der Waals surface area contributed by atoms with Crippen LogP contribution in [0.1, 0.15) is 23.2 Å². The molecule has 1 aromatic rings. The Labute approximate surface area is 95.6 Å². The molecule has 0 amide bonds. The Morgan fingerprint density at radius 2 is 2.27 bits per heavy atom. The van der Waals surface area contributed by atoms with Gasteiger partial charge in [0.05, 0.1) is 12.2 Å². The molecule has 0 heterocycles. The van der Waals surface area contributed by atoms with Crippen molar-refractivity contribution in [2.75, 3.05) is 6.61 Å². The highest BCUT2D eigenvalue weighted by molar-refractivity contribution is 9.10. The van der Waals surface area contributed by atoms with Gasteiger partial charge in [0.2, 0.25) is 0 Å². The van der Waals surface area contributed by atoms with Crippen LogP contribution in [-0.4, -0.2) is 12.6 Å². The average molecular weight is 273 g/mol. The Hall–Kier alpha value is -0.900. The first kappa shape index (κ1) is 10.6. The van der Waals surface area contributed by atoms with Crippen molar-refractivity contribution in [3.63, 3.8) is 0 Å². The fourth-order valence-corrected chi connectivity index (χ4v) is 1.54. The average Bonchev–Trinajstić information content (AvgIpc) is 2.97. The lowest BCUT2D eigenvalue weighted by molar-refractivity contribution is 0.0481. The Kier molecular flexibility index (Phi) is 3.05. The first-order chi connectivity index (χ1) is 7.16. The number of esters is 1. The van der Waals surface area contributed by atoms with Crippen molar-refractivity contribution >= 4 is 21.9 Å². The van der Waals surface area contributed by atoms with Crippen LogP contribution in [0.15, 0.2) is 22.7 Å². The van der Waals surface area contributed by atoms with E-state index in [-0.39, 0.29) is 5.56 Å². The summed E-state index contributed by atoms with van der Waals surface area (Å²) in [5.41, 5.74) is -0.00106. The van der Waals surface area contributed by atoms with Crippen molar-refractivity contribution in [3.05, 3.63) is 34.1 Å². The third-order valence-corrected chi connectivity index (χ3v) is 2.79. The molecule has 0 unspecified atom stereocenters. The zero-order chi connectivity index (χ0) is 10.8. The Balaban J connectivity index is 2.03. The molecule has 0 aromatic heterocycles. The predicted octanol–water partition coefficient (Wildman–Crippen LogP) is 3.16. The molecule has 1 saturated carbocycles. The number of rotatable bonds is 3. The van der Waals surface area contributed by atoms with Crippen LogP contribution >= 0.6 is 15.9 Å². The van der Waals surface area contributed by atoms with Gasteiger partial charge < -0.3 is 4.74 Å². The lowest BCUT2D eigenvalue weighted by Crippen LogP contribution is -2.09. The minimum Gasteiger partial charge on any atom is -0.462 e. The number of carbonyl (C=O) groups excluding carboxylic acids is 1. The van der Waals surface area contributed by atoms with Gasteiger partial charge in [0.25, 0.3) is 0 Å². The summed E-state index contributed by atoms with van der Waals surface area (Å²) in [6, 6.07) is 4.30. The van der Waals surface area contributed by atoms with Crippen molar-refractivity contribution in [1.29, 1.82) is 0 Å². The summed E-state index contributed by atoms with van der Waals surface area (Å²) in [5, 5.41) is 0. The summed E-state index contributed by atoms with van der Waals surface area (Å²) in [5.74, 6) is -0.635.